The number of aryl methyl sites for hydroxylation is 1. The number of benzene rings is 2. The number of halogens is 1. The van der Waals surface area contributed by atoms with Crippen LogP contribution in [-0.2, 0) is 11.2 Å². The van der Waals surface area contributed by atoms with E-state index in [0.29, 0.717) is 30.4 Å². The first-order valence-corrected chi connectivity index (χ1v) is 7.34. The third kappa shape index (κ3) is 5.30. The van der Waals surface area contributed by atoms with Crippen molar-refractivity contribution in [2.24, 2.45) is 0 Å². The Kier molecular flexibility index (Phi) is 6.10. The average Bonchev–Trinajstić information content (AvgIpc) is 2.52. The van der Waals surface area contributed by atoms with E-state index in [1.54, 1.807) is 12.1 Å². The van der Waals surface area contributed by atoms with Crippen molar-refractivity contribution in [2.45, 2.75) is 12.8 Å². The van der Waals surface area contributed by atoms with Crippen LogP contribution in [0.2, 0.25) is 5.02 Å². The highest BCUT2D eigenvalue weighted by molar-refractivity contribution is 6.32. The molecule has 0 atom stereocenters. The van der Waals surface area contributed by atoms with Gasteiger partial charge in [-0.25, -0.2) is 0 Å². The van der Waals surface area contributed by atoms with Gasteiger partial charge in [-0.05, 0) is 36.2 Å². The summed E-state index contributed by atoms with van der Waals surface area (Å²) >= 11 is 5.98. The molecular formula is C17H17ClO4. The lowest BCUT2D eigenvalue weighted by Gasteiger charge is -2.09. The molecule has 2 aromatic carbocycles. The lowest BCUT2D eigenvalue weighted by atomic mass is 10.1. The molecule has 0 saturated heterocycles. The number of hydrogen-bond acceptors (Lipinski definition) is 3. The van der Waals surface area contributed by atoms with Crippen molar-refractivity contribution in [2.75, 3.05) is 13.2 Å². The van der Waals surface area contributed by atoms with Crippen LogP contribution in [0.1, 0.15) is 12.0 Å². The fourth-order valence-electron chi connectivity index (χ4n) is 1.88. The van der Waals surface area contributed by atoms with E-state index in [-0.39, 0.29) is 6.42 Å². The molecule has 0 amide bonds. The van der Waals surface area contributed by atoms with Crippen LogP contribution in [-0.4, -0.2) is 24.3 Å². The van der Waals surface area contributed by atoms with Crippen molar-refractivity contribution in [1.82, 2.24) is 0 Å². The zero-order valence-corrected chi connectivity index (χ0v) is 12.8. The number of carboxylic acids is 1. The molecule has 1 N–H and O–H groups in total. The average molecular weight is 321 g/mol. The number of aliphatic carboxylic acids is 1. The van der Waals surface area contributed by atoms with Gasteiger partial charge in [-0.2, -0.15) is 0 Å². The van der Waals surface area contributed by atoms with Crippen molar-refractivity contribution in [3.63, 3.8) is 0 Å². The van der Waals surface area contributed by atoms with Crippen molar-refractivity contribution in [3.8, 4) is 11.5 Å². The summed E-state index contributed by atoms with van der Waals surface area (Å²) in [7, 11) is 0. The van der Waals surface area contributed by atoms with Crippen LogP contribution in [0.5, 0.6) is 11.5 Å². The van der Waals surface area contributed by atoms with Crippen LogP contribution in [0.3, 0.4) is 0 Å². The Bertz CT molecular complexity index is 610. The van der Waals surface area contributed by atoms with Gasteiger partial charge in [-0.1, -0.05) is 35.9 Å². The SMILES string of the molecule is O=C(O)CCc1ccc(OCCOc2ccccc2Cl)cc1. The number of carboxylic acid groups (broad SMARTS) is 1. The minimum absolute atomic E-state index is 0.131. The molecule has 4 nitrogen and oxygen atoms in total. The molecule has 0 unspecified atom stereocenters. The molecule has 0 heterocycles. The van der Waals surface area contributed by atoms with E-state index in [0.717, 1.165) is 11.3 Å². The Morgan fingerprint density at radius 2 is 1.68 bits per heavy atom. The molecule has 0 aromatic heterocycles. The summed E-state index contributed by atoms with van der Waals surface area (Å²) in [6.07, 6.45) is 0.650. The fraction of sp³-hybridized carbons (Fsp3) is 0.235. The van der Waals surface area contributed by atoms with Gasteiger partial charge in [0.2, 0.25) is 0 Å². The largest absolute Gasteiger partial charge is 0.490 e. The second kappa shape index (κ2) is 8.29. The van der Waals surface area contributed by atoms with Crippen LogP contribution < -0.4 is 9.47 Å². The Balaban J connectivity index is 1.73. The first-order valence-electron chi connectivity index (χ1n) is 6.96. The molecule has 0 saturated carbocycles. The Morgan fingerprint density at radius 1 is 1.00 bits per heavy atom. The predicted molar refractivity (Wildman–Crippen MR) is 84.8 cm³/mol. The van der Waals surface area contributed by atoms with Crippen LogP contribution >= 0.6 is 11.6 Å². The first kappa shape index (κ1) is 16.2. The van der Waals surface area contributed by atoms with Crippen molar-refractivity contribution in [3.05, 3.63) is 59.1 Å². The molecule has 0 fully saturated rings. The maximum Gasteiger partial charge on any atom is 0.303 e. The third-order valence-electron chi connectivity index (χ3n) is 3.00. The van der Waals surface area contributed by atoms with Crippen LogP contribution in [0, 0.1) is 0 Å². The van der Waals surface area contributed by atoms with E-state index in [9.17, 15) is 4.79 Å². The molecule has 2 aromatic rings. The molecule has 22 heavy (non-hydrogen) atoms. The van der Waals surface area contributed by atoms with Crippen molar-refractivity contribution in [1.29, 1.82) is 0 Å². The minimum atomic E-state index is -0.794. The third-order valence-corrected chi connectivity index (χ3v) is 3.31. The maximum atomic E-state index is 10.5. The topological polar surface area (TPSA) is 55.8 Å². The number of carbonyl (C=O) groups is 1. The summed E-state index contributed by atoms with van der Waals surface area (Å²) in [5.41, 5.74) is 0.974. The van der Waals surface area contributed by atoms with Crippen LogP contribution in [0.4, 0.5) is 0 Å². The predicted octanol–water partition coefficient (Wildman–Crippen LogP) is 3.82. The summed E-state index contributed by atoms with van der Waals surface area (Å²) < 4.78 is 11.1. The normalized spacial score (nSPS) is 10.2. The van der Waals surface area contributed by atoms with Gasteiger partial charge in [0.1, 0.15) is 24.7 Å². The standard InChI is InChI=1S/C17H17ClO4/c18-15-3-1-2-4-16(15)22-12-11-21-14-8-5-13(6-9-14)7-10-17(19)20/h1-6,8-9H,7,10-12H2,(H,19,20). The summed E-state index contributed by atoms with van der Waals surface area (Å²) in [4.78, 5) is 10.5. The number of para-hydroxylation sites is 1. The van der Waals surface area contributed by atoms with Gasteiger partial charge in [-0.15, -0.1) is 0 Å². The zero-order valence-electron chi connectivity index (χ0n) is 12.0. The Hall–Kier alpha value is -2.20. The highest BCUT2D eigenvalue weighted by atomic mass is 35.5. The molecule has 0 spiro atoms. The van der Waals surface area contributed by atoms with Crippen molar-refractivity contribution < 1.29 is 19.4 Å². The van der Waals surface area contributed by atoms with Gasteiger partial charge in [-0.3, -0.25) is 4.79 Å². The van der Waals surface area contributed by atoms with E-state index >= 15 is 0 Å². The van der Waals surface area contributed by atoms with Gasteiger partial charge in [0.05, 0.1) is 5.02 Å². The smallest absolute Gasteiger partial charge is 0.303 e. The fourth-order valence-corrected chi connectivity index (χ4v) is 2.07. The summed E-state index contributed by atoms with van der Waals surface area (Å²) in [5, 5.41) is 9.21. The molecular weight excluding hydrogens is 304 g/mol. The van der Waals surface area contributed by atoms with Crippen LogP contribution in [0.15, 0.2) is 48.5 Å². The molecule has 0 aliphatic carbocycles. The highest BCUT2D eigenvalue weighted by Crippen LogP contribution is 2.23. The molecule has 0 aliphatic rings. The Morgan fingerprint density at radius 3 is 2.36 bits per heavy atom. The van der Waals surface area contributed by atoms with Gasteiger partial charge in [0, 0.05) is 6.42 Å². The monoisotopic (exact) mass is 320 g/mol. The maximum absolute atomic E-state index is 10.5. The second-order valence-corrected chi connectivity index (χ2v) is 5.07. The van der Waals surface area contributed by atoms with E-state index < -0.39 is 5.97 Å². The summed E-state index contributed by atoms with van der Waals surface area (Å²) in [5.74, 6) is 0.565. The molecule has 2 rings (SSSR count). The summed E-state index contributed by atoms with van der Waals surface area (Å²) in [6, 6.07) is 14.7. The molecule has 0 radical (unpaired) electrons. The van der Waals surface area contributed by atoms with E-state index in [2.05, 4.69) is 0 Å². The lowest BCUT2D eigenvalue weighted by Crippen LogP contribution is -2.09. The highest BCUT2D eigenvalue weighted by Gasteiger charge is 2.01. The number of rotatable bonds is 8. The van der Waals surface area contributed by atoms with Gasteiger partial charge < -0.3 is 14.6 Å². The quantitative estimate of drug-likeness (QED) is 0.751. The second-order valence-electron chi connectivity index (χ2n) is 4.67. The lowest BCUT2D eigenvalue weighted by molar-refractivity contribution is -0.136. The van der Waals surface area contributed by atoms with E-state index in [1.807, 2.05) is 36.4 Å². The van der Waals surface area contributed by atoms with E-state index in [4.69, 9.17) is 26.2 Å². The van der Waals surface area contributed by atoms with Crippen LogP contribution in [0.25, 0.3) is 0 Å². The molecule has 0 aliphatic heterocycles. The minimum Gasteiger partial charge on any atom is -0.490 e. The molecule has 5 heteroatoms. The molecule has 116 valence electrons. The Labute approximate surface area is 134 Å². The molecule has 0 bridgehead atoms. The van der Waals surface area contributed by atoms with Gasteiger partial charge >= 0.3 is 5.97 Å². The van der Waals surface area contributed by atoms with Gasteiger partial charge in [0.25, 0.3) is 0 Å². The zero-order chi connectivity index (χ0) is 15.8. The summed E-state index contributed by atoms with van der Waals surface area (Å²) in [6.45, 7) is 0.796. The van der Waals surface area contributed by atoms with Crippen molar-refractivity contribution >= 4 is 17.6 Å². The number of hydrogen-bond donors (Lipinski definition) is 1. The van der Waals surface area contributed by atoms with Gasteiger partial charge in [0.15, 0.2) is 0 Å². The first-order chi connectivity index (χ1) is 10.6. The van der Waals surface area contributed by atoms with E-state index in [1.165, 1.54) is 0 Å². The number of ether oxygens (including phenoxy) is 2.